The van der Waals surface area contributed by atoms with E-state index in [9.17, 15) is 32.4 Å². The molecule has 11 rings (SSSR count). The molecule has 5 heterocycles. The number of nitrogens with zero attached hydrogens (tertiary/aromatic N) is 8. The molecule has 93 heavy (non-hydrogen) atoms. The van der Waals surface area contributed by atoms with Crippen LogP contribution in [0, 0.1) is 18.8 Å². The molecule has 494 valence electrons. The van der Waals surface area contributed by atoms with E-state index >= 15 is 0 Å². The van der Waals surface area contributed by atoms with Gasteiger partial charge in [-0.3, -0.25) is 39.0 Å². The van der Waals surface area contributed by atoms with Crippen LogP contribution in [0.25, 0.3) is 32.8 Å². The highest BCUT2D eigenvalue weighted by atomic mass is 32.2. The zero-order chi connectivity index (χ0) is 65.6. The molecule has 4 aliphatic rings. The van der Waals surface area contributed by atoms with E-state index in [1.165, 1.54) is 8.61 Å². The van der Waals surface area contributed by atoms with Crippen LogP contribution in [0.4, 0.5) is 11.4 Å². The SMILES string of the molecule is Cc1nn(C)c(COc2ccc(N3CCN(S(=O)(=O)N(C)C)CC3)cc2)c1-c1cccc2c(CCCOc3cccc4ccccc34)c(C(=O)OC(C)(C)C)n(CCN3CCN(CCOCCOCCNc4cccc5c4C(=O)C(C4CCC(=O)NC4=O)C5=O)CC3)c12. The number of hydrogen-bond acceptors (Lipinski definition) is 17. The van der Waals surface area contributed by atoms with Crippen LogP contribution in [0.5, 0.6) is 11.5 Å². The Hall–Kier alpha value is -8.03. The van der Waals surface area contributed by atoms with Crippen LogP contribution in [0.1, 0.15) is 88.2 Å². The minimum atomic E-state index is -3.48. The number of aromatic nitrogens is 3. The number of hydrogen-bond donors (Lipinski definition) is 2. The van der Waals surface area contributed by atoms with Gasteiger partial charge in [-0.1, -0.05) is 66.7 Å². The van der Waals surface area contributed by atoms with Crippen LogP contribution in [-0.2, 0) is 60.6 Å². The Morgan fingerprint density at radius 2 is 1.40 bits per heavy atom. The Labute approximate surface area is 544 Å². The van der Waals surface area contributed by atoms with Crippen LogP contribution in [0.3, 0.4) is 0 Å². The van der Waals surface area contributed by atoms with Crippen molar-refractivity contribution >= 4 is 72.6 Å². The zero-order valence-corrected chi connectivity index (χ0v) is 55.2. The highest BCUT2D eigenvalue weighted by Gasteiger charge is 2.48. The zero-order valence-electron chi connectivity index (χ0n) is 54.4. The van der Waals surface area contributed by atoms with Crippen molar-refractivity contribution < 1.29 is 56.1 Å². The molecule has 0 saturated carbocycles. The second kappa shape index (κ2) is 29.1. The number of para-hydroxylation sites is 1. The van der Waals surface area contributed by atoms with Crippen molar-refractivity contribution in [2.45, 2.75) is 72.1 Å². The summed E-state index contributed by atoms with van der Waals surface area (Å²) in [4.78, 5) is 73.3. The first-order valence-electron chi connectivity index (χ1n) is 32.3. The maximum atomic E-state index is 15.0. The molecule has 0 radical (unpaired) electrons. The lowest BCUT2D eigenvalue weighted by molar-refractivity contribution is -0.137. The summed E-state index contributed by atoms with van der Waals surface area (Å²) in [7, 11) is 1.56. The molecule has 0 bridgehead atoms. The van der Waals surface area contributed by atoms with Gasteiger partial charge < -0.3 is 38.5 Å². The summed E-state index contributed by atoms with van der Waals surface area (Å²) in [6.07, 6.45) is 1.44. The van der Waals surface area contributed by atoms with E-state index in [2.05, 4.69) is 66.3 Å². The lowest BCUT2D eigenvalue weighted by Crippen LogP contribution is -2.51. The quantitative estimate of drug-likeness (QED) is 0.0217. The van der Waals surface area contributed by atoms with Gasteiger partial charge in [0.2, 0.25) is 11.8 Å². The summed E-state index contributed by atoms with van der Waals surface area (Å²) in [5.74, 6) is -2.66. The fourth-order valence-corrected chi connectivity index (χ4v) is 14.4. The molecule has 3 saturated heterocycles. The minimum absolute atomic E-state index is 0.0905. The Balaban J connectivity index is 0.739. The number of benzene rings is 5. The van der Waals surface area contributed by atoms with Crippen molar-refractivity contribution in [2.24, 2.45) is 18.9 Å². The van der Waals surface area contributed by atoms with Gasteiger partial charge in [0.05, 0.1) is 67.3 Å². The van der Waals surface area contributed by atoms with Gasteiger partial charge in [-0.25, -0.2) is 4.79 Å². The van der Waals surface area contributed by atoms with Crippen LogP contribution in [0.2, 0.25) is 0 Å². The number of amides is 2. The van der Waals surface area contributed by atoms with Crippen molar-refractivity contribution in [1.29, 1.82) is 0 Å². The topological polar surface area (TPSA) is 229 Å². The van der Waals surface area contributed by atoms with Crippen LogP contribution in [-0.4, -0.2) is 195 Å². The van der Waals surface area contributed by atoms with Crippen molar-refractivity contribution in [3.8, 4) is 22.6 Å². The predicted molar refractivity (Wildman–Crippen MR) is 356 cm³/mol. The molecule has 2 atom stereocenters. The predicted octanol–water partition coefficient (Wildman–Crippen LogP) is 7.79. The smallest absolute Gasteiger partial charge is 0.355 e. The van der Waals surface area contributed by atoms with Gasteiger partial charge in [0.15, 0.2) is 11.6 Å². The highest BCUT2D eigenvalue weighted by molar-refractivity contribution is 7.86. The van der Waals surface area contributed by atoms with E-state index in [-0.39, 0.29) is 42.3 Å². The number of nitrogens with one attached hydrogen (secondary N) is 2. The van der Waals surface area contributed by atoms with E-state index in [4.69, 9.17) is 28.8 Å². The van der Waals surface area contributed by atoms with Gasteiger partial charge >= 0.3 is 5.97 Å². The number of ether oxygens (including phenoxy) is 5. The molecule has 7 aromatic rings. The van der Waals surface area contributed by atoms with Gasteiger partial charge in [-0.05, 0) is 94.3 Å². The summed E-state index contributed by atoms with van der Waals surface area (Å²) in [6, 6.07) is 33.6. The molecule has 0 spiro atoms. The Morgan fingerprint density at radius 3 is 2.13 bits per heavy atom. The molecule has 2 unspecified atom stereocenters. The minimum Gasteiger partial charge on any atom is -0.493 e. The van der Waals surface area contributed by atoms with Crippen LogP contribution < -0.4 is 25.0 Å². The maximum absolute atomic E-state index is 15.0. The summed E-state index contributed by atoms with van der Waals surface area (Å²) < 4.78 is 63.7. The lowest BCUT2D eigenvalue weighted by Gasteiger charge is -2.36. The van der Waals surface area contributed by atoms with Gasteiger partial charge in [0.1, 0.15) is 29.4 Å². The molecule has 22 nitrogen and oxygen atoms in total. The number of carbonyl (C=O) groups is 5. The third-order valence-corrected chi connectivity index (χ3v) is 19.9. The number of rotatable bonds is 27. The second-order valence-corrected chi connectivity index (χ2v) is 27.6. The van der Waals surface area contributed by atoms with E-state index in [1.807, 2.05) is 88.0 Å². The van der Waals surface area contributed by atoms with E-state index in [0.29, 0.717) is 109 Å². The molecular weight excluding hydrogens is 1200 g/mol. The van der Waals surface area contributed by atoms with Crippen molar-refractivity contribution in [2.75, 3.05) is 129 Å². The van der Waals surface area contributed by atoms with Crippen molar-refractivity contribution in [3.63, 3.8) is 0 Å². The fraction of sp³-hybridized carbons (Fsp3) is 0.457. The van der Waals surface area contributed by atoms with Crippen molar-refractivity contribution in [3.05, 3.63) is 137 Å². The number of Topliss-reactive ketones (excluding diaryl/α,β-unsaturated/α-hetero) is 2. The number of anilines is 2. The largest absolute Gasteiger partial charge is 0.493 e. The number of aryl methyl sites for hydroxylation is 3. The molecule has 1 aliphatic carbocycles. The highest BCUT2D eigenvalue weighted by Crippen LogP contribution is 2.41. The summed E-state index contributed by atoms with van der Waals surface area (Å²) in [5, 5.41) is 13.6. The van der Waals surface area contributed by atoms with Crippen LogP contribution in [0.15, 0.2) is 103 Å². The average Bonchev–Trinajstić information content (AvgIpc) is 1.60. The number of piperazine rings is 2. The average molecular weight is 1290 g/mol. The summed E-state index contributed by atoms with van der Waals surface area (Å²) >= 11 is 0. The molecule has 2 amide bonds. The molecule has 5 aromatic carbocycles. The Bertz CT molecular complexity index is 3990. The van der Waals surface area contributed by atoms with Gasteiger partial charge in [0.25, 0.3) is 10.2 Å². The normalized spacial score (nSPS) is 17.8. The number of imide groups is 1. The van der Waals surface area contributed by atoms with E-state index in [1.54, 1.807) is 32.3 Å². The first-order chi connectivity index (χ1) is 44.7. The second-order valence-electron chi connectivity index (χ2n) is 25.4. The number of fused-ring (bicyclic) bond motifs is 3. The molecule has 3 fully saturated rings. The Morgan fingerprint density at radius 1 is 0.720 bits per heavy atom. The molecule has 23 heteroatoms. The maximum Gasteiger partial charge on any atom is 0.355 e. The number of piperidine rings is 1. The Kier molecular flexibility index (Phi) is 20.8. The van der Waals surface area contributed by atoms with Gasteiger partial charge in [-0.15, -0.1) is 0 Å². The third-order valence-electron chi connectivity index (χ3n) is 18.0. The summed E-state index contributed by atoms with van der Waals surface area (Å²) in [5.41, 5.74) is 7.22. The van der Waals surface area contributed by atoms with E-state index < -0.39 is 45.2 Å². The lowest BCUT2D eigenvalue weighted by atomic mass is 9.82. The van der Waals surface area contributed by atoms with Gasteiger partial charge in [0, 0.05) is 145 Å². The summed E-state index contributed by atoms with van der Waals surface area (Å²) in [6.45, 7) is 17.6. The van der Waals surface area contributed by atoms with E-state index in [0.717, 1.165) is 93.9 Å². The standard InChI is InChI=1S/C70H86N10O12S/c1-47-61(58(75(7)73-47)46-91-50-25-23-49(24-26-50)78-35-37-79(38-36-78)93(86,87)74(5)6)54-18-11-17-52-53(20-13-41-90-59-22-10-15-48-14-8-9-16-51(48)59)65(69(85)92-70(2,3)4)80(64(52)54)39-34-76-30-32-77(33-31-76)40-43-89-45-44-88-42-29-71-57-21-12-19-55-62(57)67(83)63(66(55)82)56-27-28-60(81)72-68(56)84/h8-12,14-19,21-26,56,63,71H,13,20,27-46H2,1-7H3,(H,72,81,84). The van der Waals surface area contributed by atoms with Gasteiger partial charge in [-0.2, -0.15) is 22.1 Å². The van der Waals surface area contributed by atoms with Crippen LogP contribution >= 0.6 is 0 Å². The first kappa shape index (κ1) is 66.4. The number of carbonyl (C=O) groups excluding carboxylic acids is 5. The molecular formula is C70H86N10O12S. The number of esters is 1. The molecule has 3 aliphatic heterocycles. The fourth-order valence-electron chi connectivity index (χ4n) is 13.3. The van der Waals surface area contributed by atoms with Crippen molar-refractivity contribution in [1.82, 2.24) is 38.1 Å². The number of ketones is 2. The monoisotopic (exact) mass is 1290 g/mol. The molecule has 2 N–H and O–H groups in total. The first-order valence-corrected chi connectivity index (χ1v) is 33.7. The molecule has 2 aromatic heterocycles. The third kappa shape index (κ3) is 15.0.